The van der Waals surface area contributed by atoms with E-state index < -0.39 is 14.3 Å². The summed E-state index contributed by atoms with van der Waals surface area (Å²) in [6.45, 7) is 13.2. The van der Waals surface area contributed by atoms with Crippen molar-refractivity contribution in [3.63, 3.8) is 0 Å². The molecule has 20 heavy (non-hydrogen) atoms. The van der Waals surface area contributed by atoms with Crippen LogP contribution in [0.25, 0.3) is 0 Å². The summed E-state index contributed by atoms with van der Waals surface area (Å²) < 4.78 is 7.42. The van der Waals surface area contributed by atoms with Crippen molar-refractivity contribution in [3.05, 3.63) is 13.8 Å². The second-order valence-electron chi connectivity index (χ2n) is 5.97. The number of carbonyl (C=O) groups is 1. The molecule has 3 nitrogen and oxygen atoms in total. The Morgan fingerprint density at radius 2 is 1.65 bits per heavy atom. The molecule has 0 radical (unpaired) electrons. The maximum absolute atomic E-state index is 11.4. The van der Waals surface area contributed by atoms with Crippen LogP contribution in [0.3, 0.4) is 0 Å². The highest BCUT2D eigenvalue weighted by Crippen LogP contribution is 2.44. The van der Waals surface area contributed by atoms with Crippen molar-refractivity contribution < 1.29 is 14.3 Å². The van der Waals surface area contributed by atoms with Gasteiger partial charge in [-0.15, -0.1) is 11.3 Å². The van der Waals surface area contributed by atoms with E-state index in [-0.39, 0.29) is 0 Å². The van der Waals surface area contributed by atoms with Crippen molar-refractivity contribution in [2.45, 2.75) is 58.2 Å². The Morgan fingerprint density at radius 1 is 1.20 bits per heavy atom. The summed E-state index contributed by atoms with van der Waals surface area (Å²) in [5.41, 5.74) is 1.30. The summed E-state index contributed by atoms with van der Waals surface area (Å²) in [6.07, 6.45) is 0. The van der Waals surface area contributed by atoms with Crippen LogP contribution in [0.2, 0.25) is 16.6 Å². The van der Waals surface area contributed by atoms with Crippen LogP contribution < -0.4 is 4.43 Å². The zero-order chi connectivity index (χ0) is 15.7. The first-order valence-electron chi connectivity index (χ1n) is 6.84. The Balaban J connectivity index is 3.30. The first-order valence-corrected chi connectivity index (χ1v) is 10.9. The standard InChI is InChI=1S/C14H23IO3SSi/c1-8(2)20(9(3)4,10(5)6)18-11-7-12(15)19-13(11)14(16)17/h7-10H,1-6H3,(H,16,17). The predicted molar refractivity (Wildman–Crippen MR) is 95.7 cm³/mol. The van der Waals surface area contributed by atoms with E-state index in [0.29, 0.717) is 27.3 Å². The molecular formula is C14H23IO3SSi. The molecule has 0 bridgehead atoms. The Labute approximate surface area is 140 Å². The maximum Gasteiger partial charge on any atom is 0.349 e. The Bertz CT molecular complexity index is 461. The molecule has 0 saturated heterocycles. The number of hydrogen-bond donors (Lipinski definition) is 1. The summed E-state index contributed by atoms with van der Waals surface area (Å²) in [7, 11) is -2.09. The Morgan fingerprint density at radius 3 is 2.00 bits per heavy atom. The minimum Gasteiger partial charge on any atom is -0.542 e. The van der Waals surface area contributed by atoms with E-state index in [4.69, 9.17) is 4.43 Å². The van der Waals surface area contributed by atoms with Crippen LogP contribution in [-0.4, -0.2) is 19.4 Å². The molecule has 0 atom stereocenters. The number of halogens is 1. The minimum absolute atomic E-state index is 0.327. The van der Waals surface area contributed by atoms with Crippen LogP contribution in [0.15, 0.2) is 6.07 Å². The normalized spacial score (nSPS) is 12.5. The summed E-state index contributed by atoms with van der Waals surface area (Å²) in [6, 6.07) is 1.86. The third-order valence-corrected chi connectivity index (χ3v) is 11.7. The van der Waals surface area contributed by atoms with Gasteiger partial charge >= 0.3 is 5.97 Å². The molecule has 6 heteroatoms. The molecule has 1 rings (SSSR count). The smallest absolute Gasteiger partial charge is 0.349 e. The van der Waals surface area contributed by atoms with E-state index in [0.717, 1.165) is 2.88 Å². The van der Waals surface area contributed by atoms with Gasteiger partial charge in [0.1, 0.15) is 5.75 Å². The van der Waals surface area contributed by atoms with Gasteiger partial charge in [0.2, 0.25) is 0 Å². The minimum atomic E-state index is -2.09. The van der Waals surface area contributed by atoms with E-state index in [2.05, 4.69) is 64.1 Å². The molecular weight excluding hydrogens is 403 g/mol. The second kappa shape index (κ2) is 6.78. The summed E-state index contributed by atoms with van der Waals surface area (Å²) >= 11 is 3.44. The van der Waals surface area contributed by atoms with Gasteiger partial charge in [0, 0.05) is 6.07 Å². The van der Waals surface area contributed by atoms with E-state index >= 15 is 0 Å². The number of carboxylic acid groups (broad SMARTS) is 1. The first-order chi connectivity index (χ1) is 9.12. The molecule has 1 aromatic rings. The van der Waals surface area contributed by atoms with Gasteiger partial charge in [-0.05, 0) is 39.2 Å². The van der Waals surface area contributed by atoms with Gasteiger partial charge in [-0.3, -0.25) is 0 Å². The molecule has 1 N–H and O–H groups in total. The average Bonchev–Trinajstić information content (AvgIpc) is 2.65. The number of hydrogen-bond acceptors (Lipinski definition) is 3. The van der Waals surface area contributed by atoms with Crippen molar-refractivity contribution in [1.82, 2.24) is 0 Å². The van der Waals surface area contributed by atoms with Gasteiger partial charge in [0.05, 0.1) is 2.88 Å². The van der Waals surface area contributed by atoms with Crippen LogP contribution in [0.1, 0.15) is 51.2 Å². The molecule has 1 heterocycles. The Kier molecular flexibility index (Phi) is 6.10. The van der Waals surface area contributed by atoms with E-state index in [9.17, 15) is 9.90 Å². The number of aromatic carboxylic acids is 1. The molecule has 0 fully saturated rings. The number of carboxylic acids is 1. The molecule has 0 aliphatic carbocycles. The van der Waals surface area contributed by atoms with Crippen LogP contribution in [0.5, 0.6) is 5.75 Å². The highest BCUT2D eigenvalue weighted by Gasteiger charge is 2.47. The largest absolute Gasteiger partial charge is 0.542 e. The van der Waals surface area contributed by atoms with E-state index in [1.54, 1.807) is 0 Å². The lowest BCUT2D eigenvalue weighted by atomic mass is 10.4. The SMILES string of the molecule is CC(C)[Si](Oc1cc(I)sc1C(=O)O)(C(C)C)C(C)C. The molecule has 0 unspecified atom stereocenters. The van der Waals surface area contributed by atoms with Crippen LogP contribution in [-0.2, 0) is 0 Å². The van der Waals surface area contributed by atoms with Gasteiger partial charge in [-0.1, -0.05) is 41.5 Å². The molecule has 114 valence electrons. The molecule has 0 aliphatic rings. The fourth-order valence-corrected chi connectivity index (χ4v) is 10.0. The van der Waals surface area contributed by atoms with Crippen LogP contribution in [0.4, 0.5) is 0 Å². The quantitative estimate of drug-likeness (QED) is 0.476. The van der Waals surface area contributed by atoms with E-state index in [1.807, 2.05) is 6.07 Å². The lowest BCUT2D eigenvalue weighted by Crippen LogP contribution is -2.50. The van der Waals surface area contributed by atoms with Crippen molar-refractivity contribution in [3.8, 4) is 5.75 Å². The van der Waals surface area contributed by atoms with Crippen molar-refractivity contribution in [2.24, 2.45) is 0 Å². The molecule has 1 aromatic heterocycles. The fourth-order valence-electron chi connectivity index (χ4n) is 3.11. The van der Waals surface area contributed by atoms with Gasteiger partial charge in [0.15, 0.2) is 4.88 Å². The Hall–Kier alpha value is -0.0831. The summed E-state index contributed by atoms with van der Waals surface area (Å²) in [5, 5.41) is 9.33. The monoisotopic (exact) mass is 426 g/mol. The van der Waals surface area contributed by atoms with Crippen molar-refractivity contribution in [1.29, 1.82) is 0 Å². The van der Waals surface area contributed by atoms with Gasteiger partial charge in [0.25, 0.3) is 8.32 Å². The number of rotatable bonds is 6. The lowest BCUT2D eigenvalue weighted by Gasteiger charge is -2.42. The molecule has 0 aromatic carbocycles. The second-order valence-corrected chi connectivity index (χ2v) is 14.3. The fraction of sp³-hybridized carbons (Fsp3) is 0.643. The molecule has 0 saturated carbocycles. The van der Waals surface area contributed by atoms with Crippen LogP contribution >= 0.6 is 33.9 Å². The maximum atomic E-state index is 11.4. The highest BCUT2D eigenvalue weighted by molar-refractivity contribution is 14.1. The zero-order valence-corrected chi connectivity index (χ0v) is 16.8. The van der Waals surface area contributed by atoms with Gasteiger partial charge in [-0.25, -0.2) is 4.79 Å². The third-order valence-electron chi connectivity index (χ3n) is 3.86. The topological polar surface area (TPSA) is 46.5 Å². The lowest BCUT2D eigenvalue weighted by molar-refractivity contribution is 0.0700. The first kappa shape index (κ1) is 18.0. The highest BCUT2D eigenvalue weighted by atomic mass is 127. The number of thiophene rings is 1. The average molecular weight is 426 g/mol. The molecule has 0 amide bonds. The zero-order valence-electron chi connectivity index (χ0n) is 12.9. The third kappa shape index (κ3) is 3.39. The van der Waals surface area contributed by atoms with Gasteiger partial charge in [-0.2, -0.15) is 0 Å². The summed E-state index contributed by atoms with van der Waals surface area (Å²) in [4.78, 5) is 11.7. The van der Waals surface area contributed by atoms with Crippen molar-refractivity contribution >= 4 is 48.2 Å². The predicted octanol–water partition coefficient (Wildman–Crippen LogP) is 5.61. The summed E-state index contributed by atoms with van der Waals surface area (Å²) in [5.74, 6) is -0.332. The molecule has 0 aliphatic heterocycles. The molecule has 0 spiro atoms. The van der Waals surface area contributed by atoms with Gasteiger partial charge < -0.3 is 9.53 Å². The van der Waals surface area contributed by atoms with Crippen molar-refractivity contribution in [2.75, 3.05) is 0 Å². The van der Waals surface area contributed by atoms with E-state index in [1.165, 1.54) is 11.3 Å². The van der Waals surface area contributed by atoms with Crippen LogP contribution in [0, 0.1) is 2.88 Å².